The predicted molar refractivity (Wildman–Crippen MR) is 107 cm³/mol. The molecule has 0 aliphatic heterocycles. The van der Waals surface area contributed by atoms with Crippen LogP contribution >= 0.6 is 0 Å². The lowest BCUT2D eigenvalue weighted by molar-refractivity contribution is -0.138. The molecule has 0 aliphatic rings. The summed E-state index contributed by atoms with van der Waals surface area (Å²) in [5, 5.41) is 10.4. The van der Waals surface area contributed by atoms with Gasteiger partial charge in [0, 0.05) is 25.3 Å². The molecule has 30 heavy (non-hydrogen) atoms. The number of hydrogen-bond donors (Lipinski definition) is 2. The number of hydrogen-bond acceptors (Lipinski definition) is 8. The fourth-order valence-corrected chi connectivity index (χ4v) is 2.87. The summed E-state index contributed by atoms with van der Waals surface area (Å²) in [6, 6.07) is 6.65. The smallest absolute Gasteiger partial charge is 0.419 e. The molecule has 0 bridgehead atoms. The second kappa shape index (κ2) is 9.75. The molecule has 0 spiro atoms. The highest BCUT2D eigenvalue weighted by atomic mass is 32.2. The number of ether oxygens (including phenoxy) is 1. The van der Waals surface area contributed by atoms with E-state index in [4.69, 9.17) is 20.5 Å². The first-order valence-corrected chi connectivity index (χ1v) is 10.0. The molecule has 2 rings (SSSR count). The van der Waals surface area contributed by atoms with E-state index < -0.39 is 22.8 Å². The Balaban J connectivity index is 2.39. The van der Waals surface area contributed by atoms with Gasteiger partial charge in [-0.15, -0.1) is 0 Å². The fourth-order valence-electron chi connectivity index (χ4n) is 2.52. The Hall–Kier alpha value is -2.88. The van der Waals surface area contributed by atoms with Crippen molar-refractivity contribution in [1.82, 2.24) is 4.98 Å². The number of halogens is 3. The summed E-state index contributed by atoms with van der Waals surface area (Å²) >= 11 is -1.45. The number of nitrogens with two attached hydrogens (primary N) is 2. The van der Waals surface area contributed by atoms with E-state index in [9.17, 15) is 22.6 Å². The third kappa shape index (κ3) is 5.82. The highest BCUT2D eigenvalue weighted by molar-refractivity contribution is 7.79. The number of nitrogen functional groups attached to an aromatic ring is 1. The molecule has 1 unspecified atom stereocenters. The van der Waals surface area contributed by atoms with Crippen LogP contribution in [0.4, 0.5) is 24.5 Å². The largest absolute Gasteiger partial charge is 0.493 e. The first kappa shape index (κ1) is 23.4. The van der Waals surface area contributed by atoms with Gasteiger partial charge in [0.1, 0.15) is 11.8 Å². The van der Waals surface area contributed by atoms with Gasteiger partial charge in [-0.05, 0) is 24.3 Å². The zero-order valence-corrected chi connectivity index (χ0v) is 17.0. The van der Waals surface area contributed by atoms with Crippen molar-refractivity contribution in [2.45, 2.75) is 12.6 Å². The van der Waals surface area contributed by atoms with Crippen LogP contribution in [0.1, 0.15) is 17.7 Å². The molecule has 162 valence electrons. The number of nitriles is 1. The Morgan fingerprint density at radius 2 is 2.00 bits per heavy atom. The summed E-state index contributed by atoms with van der Waals surface area (Å²) < 4.78 is 61.6. The van der Waals surface area contributed by atoms with Crippen LogP contribution in [-0.4, -0.2) is 35.7 Å². The Kier molecular flexibility index (Phi) is 7.60. The summed E-state index contributed by atoms with van der Waals surface area (Å²) in [7, 11) is 1.48. The van der Waals surface area contributed by atoms with Gasteiger partial charge in [0.25, 0.3) is 0 Å². The second-order valence-corrected chi connectivity index (χ2v) is 7.18. The van der Waals surface area contributed by atoms with E-state index in [1.807, 2.05) is 0 Å². The van der Waals surface area contributed by atoms with Gasteiger partial charge in [-0.25, -0.2) is 15.0 Å². The van der Waals surface area contributed by atoms with Gasteiger partial charge in [-0.2, -0.15) is 18.4 Å². The topological polar surface area (TPSA) is 127 Å². The Morgan fingerprint density at radius 1 is 1.30 bits per heavy atom. The number of pyridine rings is 1. The van der Waals surface area contributed by atoms with E-state index in [0.717, 1.165) is 11.1 Å². The van der Waals surface area contributed by atoms with Gasteiger partial charge < -0.3 is 15.5 Å². The molecule has 0 amide bonds. The quantitative estimate of drug-likeness (QED) is 0.362. The summed E-state index contributed by atoms with van der Waals surface area (Å²) in [6.45, 7) is 0.0324. The molecule has 12 heteroatoms. The monoisotopic (exact) mass is 443 g/mol. The van der Waals surface area contributed by atoms with E-state index in [1.165, 1.54) is 31.5 Å². The lowest BCUT2D eigenvalue weighted by Crippen LogP contribution is -2.26. The Labute approximate surface area is 173 Å². The summed E-state index contributed by atoms with van der Waals surface area (Å²) in [5.74, 6) is 5.33. The maximum atomic E-state index is 13.6. The average Bonchev–Trinajstić information content (AvgIpc) is 2.66. The molecule has 0 saturated heterocycles. The standard InChI is InChI=1S/C18H20F3N5O3S/c1-26(24)15-9-13(25-14(10-22)17(15)23)11-4-5-16(12(8-11)18(19,20)21)28-6-3-7-29-30(2)27/h4-5,8-9H,3,6-7,23-24H2,1-2H3. The van der Waals surface area contributed by atoms with Crippen molar-refractivity contribution in [2.24, 2.45) is 5.84 Å². The van der Waals surface area contributed by atoms with Gasteiger partial charge in [0.15, 0.2) is 16.8 Å². The van der Waals surface area contributed by atoms with Crippen molar-refractivity contribution >= 4 is 22.5 Å². The zero-order chi connectivity index (χ0) is 22.5. The maximum absolute atomic E-state index is 13.6. The summed E-state index contributed by atoms with van der Waals surface area (Å²) in [4.78, 5) is 4.04. The number of aromatic nitrogens is 1. The second-order valence-electron chi connectivity index (χ2n) is 6.15. The minimum atomic E-state index is -4.69. The van der Waals surface area contributed by atoms with Crippen LogP contribution in [0.2, 0.25) is 0 Å². The minimum Gasteiger partial charge on any atom is -0.493 e. The Bertz CT molecular complexity index is 977. The maximum Gasteiger partial charge on any atom is 0.419 e. The third-order valence-corrected chi connectivity index (χ3v) is 4.40. The SMILES string of the molecule is CN(N)c1cc(-c2ccc(OCCCOS(C)=O)c(C(F)(F)F)c2)nc(C#N)c1N. The molecular weight excluding hydrogens is 423 g/mol. The van der Waals surface area contributed by atoms with E-state index >= 15 is 0 Å². The first-order valence-electron chi connectivity index (χ1n) is 8.54. The average molecular weight is 443 g/mol. The molecule has 8 nitrogen and oxygen atoms in total. The number of benzene rings is 1. The molecule has 0 radical (unpaired) electrons. The van der Waals surface area contributed by atoms with Crippen LogP contribution in [0.5, 0.6) is 5.75 Å². The summed E-state index contributed by atoms with van der Waals surface area (Å²) in [5.41, 5.74) is 5.16. The van der Waals surface area contributed by atoms with Gasteiger partial charge in [-0.1, -0.05) is 0 Å². The van der Waals surface area contributed by atoms with E-state index in [2.05, 4.69) is 4.98 Å². The molecule has 4 N–H and O–H groups in total. The molecule has 1 aromatic carbocycles. The van der Waals surface area contributed by atoms with Crippen LogP contribution in [-0.2, 0) is 21.4 Å². The van der Waals surface area contributed by atoms with Crippen molar-refractivity contribution in [3.8, 4) is 23.1 Å². The number of alkyl halides is 3. The number of hydrazine groups is 1. The fraction of sp³-hybridized carbons (Fsp3) is 0.333. The summed E-state index contributed by atoms with van der Waals surface area (Å²) in [6.07, 6.45) is -3.08. The van der Waals surface area contributed by atoms with Gasteiger partial charge in [-0.3, -0.25) is 4.18 Å². The van der Waals surface area contributed by atoms with Crippen molar-refractivity contribution < 1.29 is 26.3 Å². The van der Waals surface area contributed by atoms with Gasteiger partial charge in [0.2, 0.25) is 0 Å². The van der Waals surface area contributed by atoms with Gasteiger partial charge in [0.05, 0.1) is 35.8 Å². The van der Waals surface area contributed by atoms with Crippen LogP contribution in [0.15, 0.2) is 24.3 Å². The number of rotatable bonds is 8. The third-order valence-electron chi connectivity index (χ3n) is 3.90. The Morgan fingerprint density at radius 3 is 2.57 bits per heavy atom. The van der Waals surface area contributed by atoms with E-state index in [1.54, 1.807) is 6.07 Å². The zero-order valence-electron chi connectivity index (χ0n) is 16.2. The predicted octanol–water partition coefficient (Wildman–Crippen LogP) is 2.61. The molecule has 0 aliphatic carbocycles. The van der Waals surface area contributed by atoms with Crippen molar-refractivity contribution in [2.75, 3.05) is 37.3 Å². The molecule has 1 atom stereocenters. The van der Waals surface area contributed by atoms with Crippen LogP contribution in [0, 0.1) is 11.3 Å². The lowest BCUT2D eigenvalue weighted by atomic mass is 10.0. The van der Waals surface area contributed by atoms with Crippen LogP contribution in [0.25, 0.3) is 11.3 Å². The highest BCUT2D eigenvalue weighted by Gasteiger charge is 2.35. The molecule has 0 saturated carbocycles. The van der Waals surface area contributed by atoms with Crippen molar-refractivity contribution in [3.63, 3.8) is 0 Å². The van der Waals surface area contributed by atoms with Crippen LogP contribution in [0.3, 0.4) is 0 Å². The molecule has 0 fully saturated rings. The van der Waals surface area contributed by atoms with Crippen LogP contribution < -0.4 is 21.3 Å². The molecule has 1 heterocycles. The normalized spacial score (nSPS) is 12.3. The van der Waals surface area contributed by atoms with Crippen molar-refractivity contribution in [3.05, 3.63) is 35.5 Å². The van der Waals surface area contributed by atoms with E-state index in [-0.39, 0.29) is 53.7 Å². The van der Waals surface area contributed by atoms with Gasteiger partial charge >= 0.3 is 6.18 Å². The lowest BCUT2D eigenvalue weighted by Gasteiger charge is -2.18. The molecule has 2 aromatic rings. The highest BCUT2D eigenvalue weighted by Crippen LogP contribution is 2.39. The van der Waals surface area contributed by atoms with E-state index in [0.29, 0.717) is 0 Å². The minimum absolute atomic E-state index is 0.0254. The molecular formula is C18H20F3N5O3S. The number of nitrogens with zero attached hydrogens (tertiary/aromatic N) is 3. The number of anilines is 2. The first-order chi connectivity index (χ1) is 14.0. The molecule has 1 aromatic heterocycles. The van der Waals surface area contributed by atoms with Crippen molar-refractivity contribution in [1.29, 1.82) is 5.26 Å².